The van der Waals surface area contributed by atoms with E-state index >= 15 is 0 Å². The molecule has 1 aromatic carbocycles. The molecule has 0 aliphatic carbocycles. The van der Waals surface area contributed by atoms with Gasteiger partial charge in [0.25, 0.3) is 0 Å². The molecule has 3 rings (SSSR count). The summed E-state index contributed by atoms with van der Waals surface area (Å²) in [7, 11) is 0. The maximum Gasteiger partial charge on any atom is 0.245 e. The molecule has 3 aromatic rings. The van der Waals surface area contributed by atoms with Crippen LogP contribution in [0.5, 0.6) is 0 Å². The molecule has 2 heterocycles. The van der Waals surface area contributed by atoms with Gasteiger partial charge in [-0.3, -0.25) is 14.5 Å². The van der Waals surface area contributed by atoms with E-state index in [0.29, 0.717) is 6.42 Å². The fourth-order valence-corrected chi connectivity index (χ4v) is 2.69. The third kappa shape index (κ3) is 4.32. The number of benzene rings is 1. The highest BCUT2D eigenvalue weighted by Crippen LogP contribution is 2.18. The molecule has 0 fully saturated rings. The van der Waals surface area contributed by atoms with Crippen LogP contribution >= 0.6 is 0 Å². The van der Waals surface area contributed by atoms with Crippen molar-refractivity contribution in [2.75, 3.05) is 0 Å². The number of pyridine rings is 1. The molecule has 0 saturated carbocycles. The minimum Gasteiger partial charge on any atom is -0.346 e. The first-order valence-electron chi connectivity index (χ1n) is 8.39. The number of nitrogens with one attached hydrogen (secondary N) is 1. The summed E-state index contributed by atoms with van der Waals surface area (Å²) < 4.78 is 1.65. The fourth-order valence-electron chi connectivity index (χ4n) is 2.69. The summed E-state index contributed by atoms with van der Waals surface area (Å²) >= 11 is 0. The number of carbonyl (C=O) groups is 1. The summed E-state index contributed by atoms with van der Waals surface area (Å²) in [5.74, 6) is -0.0773. The number of hydrogen-bond donors (Lipinski definition) is 1. The van der Waals surface area contributed by atoms with Crippen molar-refractivity contribution < 1.29 is 4.79 Å². The molecule has 2 atom stereocenters. The van der Waals surface area contributed by atoms with E-state index in [2.05, 4.69) is 46.6 Å². The van der Waals surface area contributed by atoms with E-state index in [-0.39, 0.29) is 18.0 Å². The summed E-state index contributed by atoms with van der Waals surface area (Å²) in [5.41, 5.74) is 3.23. The first kappa shape index (κ1) is 16.9. The lowest BCUT2D eigenvalue weighted by Crippen LogP contribution is -2.35. The molecule has 25 heavy (non-hydrogen) atoms. The smallest absolute Gasteiger partial charge is 0.245 e. The lowest BCUT2D eigenvalue weighted by Gasteiger charge is -2.21. The molecular weight excluding hydrogens is 312 g/mol. The van der Waals surface area contributed by atoms with Gasteiger partial charge in [-0.05, 0) is 44.0 Å². The van der Waals surface area contributed by atoms with Crippen molar-refractivity contribution >= 4 is 5.91 Å². The molecule has 1 N–H and O–H groups in total. The second-order valence-corrected chi connectivity index (χ2v) is 6.17. The van der Waals surface area contributed by atoms with Crippen molar-refractivity contribution in [2.24, 2.45) is 0 Å². The Balaban J connectivity index is 1.79. The molecule has 0 unspecified atom stereocenters. The number of aryl methyl sites for hydroxylation is 1. The predicted molar refractivity (Wildman–Crippen MR) is 96.9 cm³/mol. The van der Waals surface area contributed by atoms with Gasteiger partial charge in [-0.2, -0.15) is 5.10 Å². The van der Waals surface area contributed by atoms with Gasteiger partial charge in [-0.1, -0.05) is 35.9 Å². The zero-order chi connectivity index (χ0) is 17.6. The van der Waals surface area contributed by atoms with E-state index in [1.54, 1.807) is 23.3 Å². The van der Waals surface area contributed by atoms with E-state index in [4.69, 9.17) is 0 Å². The van der Waals surface area contributed by atoms with Crippen molar-refractivity contribution in [1.29, 1.82) is 0 Å². The Kier molecular flexibility index (Phi) is 5.23. The second-order valence-electron chi connectivity index (χ2n) is 6.17. The molecule has 0 spiro atoms. The Morgan fingerprint density at radius 2 is 1.92 bits per heavy atom. The summed E-state index contributed by atoms with van der Waals surface area (Å²) in [6, 6.07) is 15.4. The van der Waals surface area contributed by atoms with Gasteiger partial charge in [-0.15, -0.1) is 0 Å². The second kappa shape index (κ2) is 7.75. The van der Waals surface area contributed by atoms with Gasteiger partial charge in [-0.25, -0.2) is 0 Å². The largest absolute Gasteiger partial charge is 0.346 e. The summed E-state index contributed by atoms with van der Waals surface area (Å²) in [5, 5.41) is 7.27. The standard InChI is InChI=1S/C20H22N4O/c1-15-7-9-17(10-8-15)14-19(18-6-3-4-11-21-18)23-20(25)16(2)24-13-5-12-22-24/h3-13,16,19H,14H2,1-2H3,(H,23,25)/t16-,19+/m0/s1. The number of nitrogens with zero attached hydrogens (tertiary/aromatic N) is 3. The van der Waals surface area contributed by atoms with E-state index in [0.717, 1.165) is 11.3 Å². The van der Waals surface area contributed by atoms with E-state index in [9.17, 15) is 4.79 Å². The van der Waals surface area contributed by atoms with Crippen molar-refractivity contribution in [3.63, 3.8) is 0 Å². The average Bonchev–Trinajstić information content (AvgIpc) is 3.17. The molecular formula is C20H22N4O. The monoisotopic (exact) mass is 334 g/mol. The van der Waals surface area contributed by atoms with Gasteiger partial charge in [0, 0.05) is 18.6 Å². The molecule has 0 aliphatic heterocycles. The van der Waals surface area contributed by atoms with Gasteiger partial charge in [0.15, 0.2) is 0 Å². The van der Waals surface area contributed by atoms with Crippen LogP contribution in [0.4, 0.5) is 0 Å². The third-order valence-corrected chi connectivity index (χ3v) is 4.22. The highest BCUT2D eigenvalue weighted by Gasteiger charge is 2.21. The number of carbonyl (C=O) groups excluding carboxylic acids is 1. The first-order chi connectivity index (χ1) is 12.1. The van der Waals surface area contributed by atoms with E-state index in [1.807, 2.05) is 31.2 Å². The predicted octanol–water partition coefficient (Wildman–Crippen LogP) is 3.25. The lowest BCUT2D eigenvalue weighted by molar-refractivity contribution is -0.124. The van der Waals surface area contributed by atoms with Gasteiger partial charge < -0.3 is 5.32 Å². The maximum absolute atomic E-state index is 12.7. The van der Waals surface area contributed by atoms with Crippen LogP contribution in [0.2, 0.25) is 0 Å². The van der Waals surface area contributed by atoms with Crippen molar-refractivity contribution in [2.45, 2.75) is 32.4 Å². The van der Waals surface area contributed by atoms with Crippen molar-refractivity contribution in [3.8, 4) is 0 Å². The number of rotatable bonds is 6. The van der Waals surface area contributed by atoms with Gasteiger partial charge >= 0.3 is 0 Å². The van der Waals surface area contributed by atoms with Crippen LogP contribution in [0.25, 0.3) is 0 Å². The van der Waals surface area contributed by atoms with Crippen LogP contribution < -0.4 is 5.32 Å². The number of amides is 1. The van der Waals surface area contributed by atoms with Crippen molar-refractivity contribution in [1.82, 2.24) is 20.1 Å². The Labute approximate surface area is 147 Å². The normalized spacial score (nSPS) is 13.2. The molecule has 1 amide bonds. The molecule has 5 nitrogen and oxygen atoms in total. The summed E-state index contributed by atoms with van der Waals surface area (Å²) in [6.07, 6.45) is 5.90. The molecule has 0 bridgehead atoms. The molecule has 5 heteroatoms. The molecule has 2 aromatic heterocycles. The third-order valence-electron chi connectivity index (χ3n) is 4.22. The highest BCUT2D eigenvalue weighted by atomic mass is 16.2. The fraction of sp³-hybridized carbons (Fsp3) is 0.250. The van der Waals surface area contributed by atoms with Crippen LogP contribution in [-0.2, 0) is 11.2 Å². The lowest BCUT2D eigenvalue weighted by atomic mass is 10.0. The summed E-state index contributed by atoms with van der Waals surface area (Å²) in [6.45, 7) is 3.90. The number of hydrogen-bond acceptors (Lipinski definition) is 3. The molecule has 0 radical (unpaired) electrons. The Hall–Kier alpha value is -2.95. The Morgan fingerprint density at radius 1 is 1.12 bits per heavy atom. The molecule has 0 aliphatic rings. The van der Waals surface area contributed by atoms with Crippen LogP contribution in [0, 0.1) is 6.92 Å². The molecule has 0 saturated heterocycles. The minimum absolute atomic E-state index is 0.0773. The maximum atomic E-state index is 12.7. The van der Waals surface area contributed by atoms with Crippen LogP contribution in [0.15, 0.2) is 67.1 Å². The zero-order valence-electron chi connectivity index (χ0n) is 14.5. The SMILES string of the molecule is Cc1ccc(C[C@@H](NC(=O)[C@H](C)n2cccn2)c2ccccn2)cc1. The topological polar surface area (TPSA) is 59.8 Å². The molecule has 128 valence electrons. The minimum atomic E-state index is -0.376. The average molecular weight is 334 g/mol. The van der Waals surface area contributed by atoms with Gasteiger partial charge in [0.05, 0.1) is 11.7 Å². The van der Waals surface area contributed by atoms with Crippen LogP contribution in [0.1, 0.15) is 35.8 Å². The van der Waals surface area contributed by atoms with Crippen molar-refractivity contribution in [3.05, 3.63) is 83.9 Å². The van der Waals surface area contributed by atoms with Crippen LogP contribution in [0.3, 0.4) is 0 Å². The summed E-state index contributed by atoms with van der Waals surface area (Å²) in [4.78, 5) is 17.1. The van der Waals surface area contributed by atoms with Gasteiger partial charge in [0.2, 0.25) is 5.91 Å². The van der Waals surface area contributed by atoms with E-state index in [1.165, 1.54) is 5.56 Å². The zero-order valence-corrected chi connectivity index (χ0v) is 14.5. The van der Waals surface area contributed by atoms with E-state index < -0.39 is 0 Å². The van der Waals surface area contributed by atoms with Crippen LogP contribution in [-0.4, -0.2) is 20.7 Å². The first-order valence-corrected chi connectivity index (χ1v) is 8.39. The quantitative estimate of drug-likeness (QED) is 0.753. The number of aromatic nitrogens is 3. The Bertz CT molecular complexity index is 797. The van der Waals surface area contributed by atoms with Gasteiger partial charge in [0.1, 0.15) is 6.04 Å². The highest BCUT2D eigenvalue weighted by molar-refractivity contribution is 5.80. The Morgan fingerprint density at radius 3 is 2.56 bits per heavy atom.